The third kappa shape index (κ3) is 4.95. The van der Waals surface area contributed by atoms with E-state index >= 15 is 0 Å². The van der Waals surface area contributed by atoms with Crippen LogP contribution in [0.3, 0.4) is 0 Å². The molecule has 25 heavy (non-hydrogen) atoms. The molecule has 1 atom stereocenters. The molecule has 0 spiro atoms. The predicted molar refractivity (Wildman–Crippen MR) is 101 cm³/mol. The lowest BCUT2D eigenvalue weighted by molar-refractivity contribution is -0.127. The molecular weight excluding hydrogens is 316 g/mol. The van der Waals surface area contributed by atoms with Crippen LogP contribution in [0.25, 0.3) is 0 Å². The molecule has 138 valence electrons. The summed E-state index contributed by atoms with van der Waals surface area (Å²) >= 11 is 0. The SMILES string of the molecule is CCN(CC)[C@@H]1CCN(C(=O)Nc2ccccc2CC(=O)N(C)C)C1. The average molecular weight is 346 g/mol. The zero-order chi connectivity index (χ0) is 18.4. The fourth-order valence-corrected chi connectivity index (χ4v) is 3.28. The van der Waals surface area contributed by atoms with Crippen LogP contribution in [0.4, 0.5) is 10.5 Å². The predicted octanol–water partition coefficient (Wildman–Crippen LogP) is 2.27. The second kappa shape index (κ2) is 8.85. The molecule has 0 aromatic heterocycles. The number of nitrogens with one attached hydrogen (secondary N) is 1. The van der Waals surface area contributed by atoms with E-state index in [0.29, 0.717) is 11.7 Å². The van der Waals surface area contributed by atoms with Crippen molar-refractivity contribution in [2.24, 2.45) is 0 Å². The van der Waals surface area contributed by atoms with E-state index in [1.807, 2.05) is 29.2 Å². The van der Waals surface area contributed by atoms with Crippen LogP contribution >= 0.6 is 0 Å². The van der Waals surface area contributed by atoms with E-state index in [1.165, 1.54) is 0 Å². The molecule has 1 saturated heterocycles. The standard InChI is InChI=1S/C19H30N4O2/c1-5-22(6-2)16-11-12-23(14-16)19(25)20-17-10-8-7-9-15(17)13-18(24)21(3)4/h7-10,16H,5-6,11-14H2,1-4H3,(H,20,25)/t16-/m1/s1. The second-order valence-corrected chi connectivity index (χ2v) is 6.66. The lowest BCUT2D eigenvalue weighted by Crippen LogP contribution is -2.40. The van der Waals surface area contributed by atoms with Crippen molar-refractivity contribution in [2.75, 3.05) is 45.6 Å². The van der Waals surface area contributed by atoms with Gasteiger partial charge >= 0.3 is 6.03 Å². The van der Waals surface area contributed by atoms with Crippen molar-refractivity contribution >= 4 is 17.6 Å². The molecule has 1 aliphatic rings. The fourth-order valence-electron chi connectivity index (χ4n) is 3.28. The number of urea groups is 1. The smallest absolute Gasteiger partial charge is 0.321 e. The molecule has 0 saturated carbocycles. The van der Waals surface area contributed by atoms with Crippen molar-refractivity contribution in [3.05, 3.63) is 29.8 Å². The summed E-state index contributed by atoms with van der Waals surface area (Å²) in [6.45, 7) is 7.85. The topological polar surface area (TPSA) is 55.9 Å². The van der Waals surface area contributed by atoms with Gasteiger partial charge in [-0.2, -0.15) is 0 Å². The molecule has 0 radical (unpaired) electrons. The number of amides is 3. The van der Waals surface area contributed by atoms with Gasteiger partial charge in [0.25, 0.3) is 0 Å². The molecule has 0 bridgehead atoms. The average Bonchev–Trinajstić information content (AvgIpc) is 3.07. The number of hydrogen-bond donors (Lipinski definition) is 1. The van der Waals surface area contributed by atoms with Crippen molar-refractivity contribution in [3.8, 4) is 0 Å². The molecule has 0 unspecified atom stereocenters. The van der Waals surface area contributed by atoms with Gasteiger partial charge < -0.3 is 15.1 Å². The number of rotatable bonds is 6. The van der Waals surface area contributed by atoms with Gasteiger partial charge in [-0.15, -0.1) is 0 Å². The number of likely N-dealkylation sites (tertiary alicyclic amines) is 1. The Kier molecular flexibility index (Phi) is 6.82. The summed E-state index contributed by atoms with van der Waals surface area (Å²) in [5.74, 6) is 0.0180. The highest BCUT2D eigenvalue weighted by atomic mass is 16.2. The van der Waals surface area contributed by atoms with Crippen LogP contribution < -0.4 is 5.32 Å². The first kappa shape index (κ1) is 19.2. The summed E-state index contributed by atoms with van der Waals surface area (Å²) in [7, 11) is 3.47. The van der Waals surface area contributed by atoms with Gasteiger partial charge in [0.15, 0.2) is 0 Å². The van der Waals surface area contributed by atoms with Crippen molar-refractivity contribution in [2.45, 2.75) is 32.7 Å². The van der Waals surface area contributed by atoms with Crippen LogP contribution in [-0.2, 0) is 11.2 Å². The van der Waals surface area contributed by atoms with Crippen molar-refractivity contribution < 1.29 is 9.59 Å². The zero-order valence-electron chi connectivity index (χ0n) is 15.8. The molecule has 1 heterocycles. The molecular formula is C19H30N4O2. The molecule has 6 nitrogen and oxygen atoms in total. The number of likely N-dealkylation sites (N-methyl/N-ethyl adjacent to an activating group) is 2. The summed E-state index contributed by atoms with van der Waals surface area (Å²) in [5.41, 5.74) is 1.56. The van der Waals surface area contributed by atoms with E-state index in [2.05, 4.69) is 24.1 Å². The van der Waals surface area contributed by atoms with Crippen LogP contribution in [0.15, 0.2) is 24.3 Å². The van der Waals surface area contributed by atoms with Gasteiger partial charge in [0.05, 0.1) is 6.42 Å². The van der Waals surface area contributed by atoms with Gasteiger partial charge in [0, 0.05) is 38.9 Å². The monoisotopic (exact) mass is 346 g/mol. The summed E-state index contributed by atoms with van der Waals surface area (Å²) < 4.78 is 0. The molecule has 3 amide bonds. The Labute approximate surface area is 150 Å². The third-order valence-corrected chi connectivity index (χ3v) is 4.88. The highest BCUT2D eigenvalue weighted by Crippen LogP contribution is 2.20. The number of carbonyl (C=O) groups excluding carboxylic acids is 2. The minimum absolute atomic E-state index is 0.0180. The van der Waals surface area contributed by atoms with Gasteiger partial charge in [-0.3, -0.25) is 9.69 Å². The van der Waals surface area contributed by atoms with Crippen LogP contribution in [-0.4, -0.2) is 73.0 Å². The summed E-state index contributed by atoms with van der Waals surface area (Å²) in [5, 5.41) is 2.99. The number of nitrogens with zero attached hydrogens (tertiary/aromatic N) is 3. The molecule has 6 heteroatoms. The van der Waals surface area contributed by atoms with E-state index in [9.17, 15) is 9.59 Å². The number of benzene rings is 1. The van der Waals surface area contributed by atoms with Crippen LogP contribution in [0.1, 0.15) is 25.8 Å². The Bertz CT molecular complexity index is 599. The van der Waals surface area contributed by atoms with Crippen LogP contribution in [0, 0.1) is 0 Å². The highest BCUT2D eigenvalue weighted by Gasteiger charge is 2.29. The number of anilines is 1. The first-order valence-electron chi connectivity index (χ1n) is 9.04. The van der Waals surface area contributed by atoms with E-state index in [-0.39, 0.29) is 18.4 Å². The van der Waals surface area contributed by atoms with Crippen LogP contribution in [0.5, 0.6) is 0 Å². The van der Waals surface area contributed by atoms with E-state index in [4.69, 9.17) is 0 Å². The van der Waals surface area contributed by atoms with Gasteiger partial charge in [0.1, 0.15) is 0 Å². The minimum atomic E-state index is -0.0839. The number of hydrogen-bond acceptors (Lipinski definition) is 3. The maximum absolute atomic E-state index is 12.6. The lowest BCUT2D eigenvalue weighted by atomic mass is 10.1. The van der Waals surface area contributed by atoms with Gasteiger partial charge in [-0.1, -0.05) is 32.0 Å². The highest BCUT2D eigenvalue weighted by molar-refractivity contribution is 5.91. The van der Waals surface area contributed by atoms with Crippen molar-refractivity contribution in [3.63, 3.8) is 0 Å². The Morgan fingerprint density at radius 1 is 1.20 bits per heavy atom. The first-order chi connectivity index (χ1) is 12.0. The van der Waals surface area contributed by atoms with Crippen molar-refractivity contribution in [1.82, 2.24) is 14.7 Å². The zero-order valence-corrected chi connectivity index (χ0v) is 15.8. The van der Waals surface area contributed by atoms with Gasteiger partial charge in [-0.05, 0) is 31.1 Å². The second-order valence-electron chi connectivity index (χ2n) is 6.66. The molecule has 1 N–H and O–H groups in total. The maximum Gasteiger partial charge on any atom is 0.321 e. The molecule has 1 aromatic carbocycles. The van der Waals surface area contributed by atoms with E-state index in [1.54, 1.807) is 19.0 Å². The van der Waals surface area contributed by atoms with Crippen LogP contribution in [0.2, 0.25) is 0 Å². The van der Waals surface area contributed by atoms with Gasteiger partial charge in [0.2, 0.25) is 5.91 Å². The Hall–Kier alpha value is -2.08. The van der Waals surface area contributed by atoms with Crippen molar-refractivity contribution in [1.29, 1.82) is 0 Å². The number of carbonyl (C=O) groups is 2. The lowest BCUT2D eigenvalue weighted by Gasteiger charge is -2.26. The summed E-state index contributed by atoms with van der Waals surface area (Å²) in [6, 6.07) is 7.86. The summed E-state index contributed by atoms with van der Waals surface area (Å²) in [4.78, 5) is 30.5. The van der Waals surface area contributed by atoms with E-state index in [0.717, 1.165) is 38.2 Å². The Morgan fingerprint density at radius 2 is 1.88 bits per heavy atom. The molecule has 2 rings (SSSR count). The normalized spacial score (nSPS) is 17.0. The minimum Gasteiger partial charge on any atom is -0.349 e. The molecule has 1 fully saturated rings. The molecule has 1 aromatic rings. The Balaban J connectivity index is 2.01. The summed E-state index contributed by atoms with van der Waals surface area (Å²) in [6.07, 6.45) is 1.29. The number of para-hydroxylation sites is 1. The first-order valence-corrected chi connectivity index (χ1v) is 9.04. The quantitative estimate of drug-likeness (QED) is 0.860. The third-order valence-electron chi connectivity index (χ3n) is 4.88. The van der Waals surface area contributed by atoms with Gasteiger partial charge in [-0.25, -0.2) is 4.79 Å². The molecule has 1 aliphatic heterocycles. The maximum atomic E-state index is 12.6. The molecule has 0 aliphatic carbocycles. The van der Waals surface area contributed by atoms with E-state index < -0.39 is 0 Å². The Morgan fingerprint density at radius 3 is 2.52 bits per heavy atom. The largest absolute Gasteiger partial charge is 0.349 e. The fraction of sp³-hybridized carbons (Fsp3) is 0.579.